The Morgan fingerprint density at radius 3 is 2.76 bits per heavy atom. The molecular weight excluding hydrogens is 237 g/mol. The lowest BCUT2D eigenvalue weighted by Crippen LogP contribution is -2.11. The quantitative estimate of drug-likeness (QED) is 0.904. The predicted molar refractivity (Wildman–Crippen MR) is 67.9 cm³/mol. The van der Waals surface area contributed by atoms with Crippen LogP contribution >= 0.6 is 11.3 Å². The molecule has 2 N–H and O–H groups in total. The van der Waals surface area contributed by atoms with E-state index in [1.54, 1.807) is 23.5 Å². The summed E-state index contributed by atoms with van der Waals surface area (Å²) in [5.41, 5.74) is 7.81. The summed E-state index contributed by atoms with van der Waals surface area (Å²) in [5, 5.41) is 3.93. The fourth-order valence-electron chi connectivity index (χ4n) is 1.63. The zero-order chi connectivity index (χ0) is 12.3. The summed E-state index contributed by atoms with van der Waals surface area (Å²) in [6, 6.07) is 6.53. The molecule has 90 valence electrons. The Hall–Kier alpha value is -1.39. The van der Waals surface area contributed by atoms with Gasteiger partial charge in [-0.25, -0.2) is 4.39 Å². The highest BCUT2D eigenvalue weighted by Gasteiger charge is 2.12. The number of ether oxygens (including phenoxy) is 1. The number of halogens is 1. The maximum atomic E-state index is 13.7. The summed E-state index contributed by atoms with van der Waals surface area (Å²) in [5.74, 6) is -0.0937. The van der Waals surface area contributed by atoms with Crippen molar-refractivity contribution >= 4 is 11.3 Å². The lowest BCUT2D eigenvalue weighted by atomic mass is 10.0. The van der Waals surface area contributed by atoms with Crippen LogP contribution in [0.1, 0.15) is 24.1 Å². The minimum absolute atomic E-state index is 0.272. The van der Waals surface area contributed by atoms with Crippen LogP contribution in [0.25, 0.3) is 0 Å². The fraction of sp³-hybridized carbons (Fsp3) is 0.231. The molecule has 4 heteroatoms. The third-order valence-electron chi connectivity index (χ3n) is 2.52. The minimum atomic E-state index is -0.366. The van der Waals surface area contributed by atoms with Crippen molar-refractivity contribution in [3.63, 3.8) is 0 Å². The number of benzene rings is 1. The highest BCUT2D eigenvalue weighted by Crippen LogP contribution is 2.25. The van der Waals surface area contributed by atoms with Crippen molar-refractivity contribution in [1.29, 1.82) is 0 Å². The molecule has 1 heterocycles. The van der Waals surface area contributed by atoms with Crippen molar-refractivity contribution in [2.75, 3.05) is 6.61 Å². The topological polar surface area (TPSA) is 35.2 Å². The maximum absolute atomic E-state index is 13.7. The third-order valence-corrected chi connectivity index (χ3v) is 3.22. The lowest BCUT2D eigenvalue weighted by molar-refractivity contribution is 0.321. The Labute approximate surface area is 104 Å². The van der Waals surface area contributed by atoms with E-state index in [0.717, 1.165) is 11.1 Å². The second-order valence-electron chi connectivity index (χ2n) is 3.66. The average molecular weight is 251 g/mol. The van der Waals surface area contributed by atoms with Crippen LogP contribution in [0.2, 0.25) is 0 Å². The molecule has 1 atom stereocenters. The van der Waals surface area contributed by atoms with Gasteiger partial charge in [0.25, 0.3) is 0 Å². The fourth-order valence-corrected chi connectivity index (χ4v) is 2.32. The van der Waals surface area contributed by atoms with Gasteiger partial charge in [0.2, 0.25) is 0 Å². The Kier molecular flexibility index (Phi) is 3.76. The van der Waals surface area contributed by atoms with Crippen molar-refractivity contribution in [2.45, 2.75) is 13.0 Å². The average Bonchev–Trinajstić information content (AvgIpc) is 2.84. The lowest BCUT2D eigenvalue weighted by Gasteiger charge is -2.12. The smallest absolute Gasteiger partial charge is 0.165 e. The maximum Gasteiger partial charge on any atom is 0.165 e. The SMILES string of the molecule is CCOc1ccc(C(N)c2ccsc2)cc1F. The van der Waals surface area contributed by atoms with E-state index in [1.807, 2.05) is 23.8 Å². The molecule has 2 aromatic rings. The molecule has 0 aliphatic carbocycles. The molecule has 0 spiro atoms. The first-order valence-corrected chi connectivity index (χ1v) is 6.36. The normalized spacial score (nSPS) is 12.4. The molecule has 0 aliphatic rings. The Bertz CT molecular complexity index is 484. The molecule has 0 aliphatic heterocycles. The minimum Gasteiger partial charge on any atom is -0.491 e. The van der Waals surface area contributed by atoms with Gasteiger partial charge in [0, 0.05) is 0 Å². The second kappa shape index (κ2) is 5.29. The van der Waals surface area contributed by atoms with Crippen LogP contribution in [-0.4, -0.2) is 6.61 Å². The molecule has 0 saturated carbocycles. The molecule has 0 saturated heterocycles. The van der Waals surface area contributed by atoms with Gasteiger partial charge < -0.3 is 10.5 Å². The molecule has 1 aromatic carbocycles. The summed E-state index contributed by atoms with van der Waals surface area (Å²) in [7, 11) is 0. The van der Waals surface area contributed by atoms with Crippen LogP contribution in [0.4, 0.5) is 4.39 Å². The molecule has 1 aromatic heterocycles. The van der Waals surface area contributed by atoms with Gasteiger partial charge >= 0.3 is 0 Å². The van der Waals surface area contributed by atoms with E-state index in [4.69, 9.17) is 10.5 Å². The van der Waals surface area contributed by atoms with Gasteiger partial charge in [-0.3, -0.25) is 0 Å². The van der Waals surface area contributed by atoms with Crippen LogP contribution in [0.3, 0.4) is 0 Å². The van der Waals surface area contributed by atoms with Gasteiger partial charge in [0.1, 0.15) is 0 Å². The number of nitrogens with two attached hydrogens (primary N) is 1. The molecule has 0 amide bonds. The summed E-state index contributed by atoms with van der Waals surface area (Å²) in [6.45, 7) is 2.28. The number of hydrogen-bond acceptors (Lipinski definition) is 3. The molecular formula is C13H14FNOS. The van der Waals surface area contributed by atoms with Gasteiger partial charge in [-0.1, -0.05) is 6.07 Å². The zero-order valence-corrected chi connectivity index (χ0v) is 10.3. The zero-order valence-electron chi connectivity index (χ0n) is 9.52. The van der Waals surface area contributed by atoms with E-state index >= 15 is 0 Å². The Balaban J connectivity index is 2.25. The Morgan fingerprint density at radius 2 is 2.18 bits per heavy atom. The van der Waals surface area contributed by atoms with E-state index in [1.165, 1.54) is 6.07 Å². The van der Waals surface area contributed by atoms with Crippen LogP contribution in [-0.2, 0) is 0 Å². The number of thiophene rings is 1. The largest absolute Gasteiger partial charge is 0.491 e. The van der Waals surface area contributed by atoms with Crippen molar-refractivity contribution in [2.24, 2.45) is 5.73 Å². The molecule has 1 unspecified atom stereocenters. The van der Waals surface area contributed by atoms with Crippen LogP contribution < -0.4 is 10.5 Å². The van der Waals surface area contributed by atoms with Gasteiger partial charge in [0.15, 0.2) is 11.6 Å². The molecule has 2 rings (SSSR count). The monoisotopic (exact) mass is 251 g/mol. The van der Waals surface area contributed by atoms with Gasteiger partial charge in [-0.15, -0.1) is 0 Å². The van der Waals surface area contributed by atoms with Crippen LogP contribution in [0, 0.1) is 5.82 Å². The molecule has 2 nitrogen and oxygen atoms in total. The molecule has 0 fully saturated rings. The number of hydrogen-bond donors (Lipinski definition) is 1. The first-order chi connectivity index (χ1) is 8.22. The van der Waals surface area contributed by atoms with Crippen molar-refractivity contribution in [1.82, 2.24) is 0 Å². The van der Waals surface area contributed by atoms with Crippen molar-refractivity contribution in [3.8, 4) is 5.75 Å². The standard InChI is InChI=1S/C13H14FNOS/c1-2-16-12-4-3-9(7-11(12)14)13(15)10-5-6-17-8-10/h3-8,13H,2,15H2,1H3. The van der Waals surface area contributed by atoms with Crippen molar-refractivity contribution < 1.29 is 9.13 Å². The first-order valence-electron chi connectivity index (χ1n) is 5.42. The summed E-state index contributed by atoms with van der Waals surface area (Å²) >= 11 is 1.58. The first kappa shape index (κ1) is 12.1. The van der Waals surface area contributed by atoms with Crippen LogP contribution in [0.15, 0.2) is 35.0 Å². The van der Waals surface area contributed by atoms with Crippen molar-refractivity contribution in [3.05, 3.63) is 52.0 Å². The van der Waals surface area contributed by atoms with E-state index in [-0.39, 0.29) is 17.6 Å². The predicted octanol–water partition coefficient (Wildman–Crippen LogP) is 3.33. The van der Waals surface area contributed by atoms with Gasteiger partial charge in [-0.2, -0.15) is 11.3 Å². The summed E-state index contributed by atoms with van der Waals surface area (Å²) in [4.78, 5) is 0. The molecule has 17 heavy (non-hydrogen) atoms. The van der Waals surface area contributed by atoms with Gasteiger partial charge in [-0.05, 0) is 47.0 Å². The van der Waals surface area contributed by atoms with E-state index in [9.17, 15) is 4.39 Å². The van der Waals surface area contributed by atoms with Crippen LogP contribution in [0.5, 0.6) is 5.75 Å². The highest BCUT2D eigenvalue weighted by atomic mass is 32.1. The molecule has 0 bridgehead atoms. The number of rotatable bonds is 4. The highest BCUT2D eigenvalue weighted by molar-refractivity contribution is 7.08. The van der Waals surface area contributed by atoms with E-state index in [0.29, 0.717) is 6.61 Å². The molecule has 0 radical (unpaired) electrons. The third kappa shape index (κ3) is 2.65. The van der Waals surface area contributed by atoms with Gasteiger partial charge in [0.05, 0.1) is 12.6 Å². The van der Waals surface area contributed by atoms with E-state index < -0.39 is 0 Å². The van der Waals surface area contributed by atoms with E-state index in [2.05, 4.69) is 0 Å². The second-order valence-corrected chi connectivity index (χ2v) is 4.44. The Morgan fingerprint density at radius 1 is 1.35 bits per heavy atom. The summed E-state index contributed by atoms with van der Waals surface area (Å²) in [6.07, 6.45) is 0. The summed E-state index contributed by atoms with van der Waals surface area (Å²) < 4.78 is 18.8.